The molecule has 1 heterocycles. The predicted octanol–water partition coefficient (Wildman–Crippen LogP) is 3.37. The standard InChI is InChI=1S/C27H25NO/c29-27(25-14-6-4-12-23(25)24-13-5-7-15-26(24)27)17-8-9-18-28-19-16-22(20-28)21-10-2-1-3-11-21/h1-7,10-15,22,29H,16-20H2/p+1/t22-/m0/s1. The zero-order valence-electron chi connectivity index (χ0n) is 16.6. The van der Waals surface area contributed by atoms with Crippen LogP contribution in [0.1, 0.15) is 35.4 Å². The molecule has 1 saturated heterocycles. The van der Waals surface area contributed by atoms with Crippen LogP contribution in [-0.4, -0.2) is 24.7 Å². The number of aliphatic hydroxyl groups is 1. The van der Waals surface area contributed by atoms with Crippen LogP contribution in [0.5, 0.6) is 0 Å². The molecule has 1 aliphatic carbocycles. The maximum absolute atomic E-state index is 11.6. The van der Waals surface area contributed by atoms with Crippen molar-refractivity contribution >= 4 is 0 Å². The molecule has 0 saturated carbocycles. The molecule has 3 aromatic carbocycles. The average molecular weight is 381 g/mol. The second-order valence-corrected chi connectivity index (χ2v) is 8.26. The van der Waals surface area contributed by atoms with Crippen LogP contribution in [-0.2, 0) is 5.60 Å². The predicted molar refractivity (Wildman–Crippen MR) is 117 cm³/mol. The summed E-state index contributed by atoms with van der Waals surface area (Å²) in [6, 6.07) is 27.2. The zero-order chi connectivity index (χ0) is 19.7. The third-order valence-electron chi connectivity index (χ3n) is 6.50. The third-order valence-corrected chi connectivity index (χ3v) is 6.50. The molecule has 0 spiro atoms. The normalized spacial score (nSPS) is 21.1. The Kier molecular flexibility index (Phi) is 4.72. The summed E-state index contributed by atoms with van der Waals surface area (Å²) in [6.45, 7) is 3.17. The van der Waals surface area contributed by atoms with E-state index in [1.54, 1.807) is 4.90 Å². The van der Waals surface area contributed by atoms with E-state index in [2.05, 4.69) is 54.3 Å². The van der Waals surface area contributed by atoms with Crippen molar-refractivity contribution in [1.82, 2.24) is 0 Å². The fourth-order valence-corrected chi connectivity index (χ4v) is 4.97. The minimum Gasteiger partial charge on any atom is -0.379 e. The average Bonchev–Trinajstić information content (AvgIpc) is 3.35. The summed E-state index contributed by atoms with van der Waals surface area (Å²) in [5.41, 5.74) is 4.66. The van der Waals surface area contributed by atoms with Gasteiger partial charge in [0.15, 0.2) is 0 Å². The largest absolute Gasteiger partial charge is 0.379 e. The number of fused-ring (bicyclic) bond motifs is 3. The number of hydrogen-bond acceptors (Lipinski definition) is 1. The molecule has 2 heteroatoms. The first-order valence-electron chi connectivity index (χ1n) is 10.5. The Morgan fingerprint density at radius 2 is 1.45 bits per heavy atom. The first kappa shape index (κ1) is 18.2. The number of nitrogens with one attached hydrogen (secondary N) is 1. The number of quaternary nitrogens is 1. The summed E-state index contributed by atoms with van der Waals surface area (Å²) in [5, 5.41) is 11.6. The third kappa shape index (κ3) is 3.27. The van der Waals surface area contributed by atoms with Crippen molar-refractivity contribution in [2.45, 2.75) is 24.4 Å². The lowest BCUT2D eigenvalue weighted by atomic mass is 9.88. The minimum absolute atomic E-state index is 0.441. The Hall–Kier alpha value is -2.86. The van der Waals surface area contributed by atoms with Crippen LogP contribution in [0.25, 0.3) is 11.1 Å². The van der Waals surface area contributed by atoms with Crippen LogP contribution in [0, 0.1) is 11.8 Å². The van der Waals surface area contributed by atoms with Gasteiger partial charge in [0.05, 0.1) is 13.1 Å². The molecule has 1 aliphatic heterocycles. The molecule has 0 amide bonds. The Bertz CT molecular complexity index is 1030. The maximum atomic E-state index is 11.6. The van der Waals surface area contributed by atoms with E-state index in [-0.39, 0.29) is 0 Å². The van der Waals surface area contributed by atoms with Crippen molar-refractivity contribution in [3.8, 4) is 23.0 Å². The van der Waals surface area contributed by atoms with E-state index < -0.39 is 5.60 Å². The van der Waals surface area contributed by atoms with Crippen LogP contribution < -0.4 is 4.90 Å². The summed E-state index contributed by atoms with van der Waals surface area (Å²) >= 11 is 0. The molecule has 2 atom stereocenters. The van der Waals surface area contributed by atoms with Gasteiger partial charge in [-0.15, -0.1) is 0 Å². The van der Waals surface area contributed by atoms with Gasteiger partial charge in [-0.3, -0.25) is 0 Å². The van der Waals surface area contributed by atoms with E-state index in [1.807, 2.05) is 36.4 Å². The van der Waals surface area contributed by atoms with Gasteiger partial charge < -0.3 is 10.0 Å². The highest BCUT2D eigenvalue weighted by atomic mass is 16.3. The van der Waals surface area contributed by atoms with Gasteiger partial charge in [0.25, 0.3) is 0 Å². The van der Waals surface area contributed by atoms with E-state index in [0.29, 0.717) is 12.3 Å². The van der Waals surface area contributed by atoms with Gasteiger partial charge in [0.2, 0.25) is 0 Å². The summed E-state index contributed by atoms with van der Waals surface area (Å²) in [6.07, 6.45) is 1.67. The van der Waals surface area contributed by atoms with E-state index in [0.717, 1.165) is 35.3 Å². The molecule has 1 unspecified atom stereocenters. The molecule has 0 radical (unpaired) electrons. The Balaban J connectivity index is 1.29. The van der Waals surface area contributed by atoms with E-state index in [1.165, 1.54) is 18.5 Å². The lowest BCUT2D eigenvalue weighted by Gasteiger charge is -2.23. The number of hydrogen-bond donors (Lipinski definition) is 2. The quantitative estimate of drug-likeness (QED) is 0.669. The minimum atomic E-state index is -1.01. The second kappa shape index (κ2) is 7.52. The van der Waals surface area contributed by atoms with E-state index >= 15 is 0 Å². The van der Waals surface area contributed by atoms with E-state index in [4.69, 9.17) is 0 Å². The monoisotopic (exact) mass is 380 g/mol. The topological polar surface area (TPSA) is 24.7 Å². The highest BCUT2D eigenvalue weighted by molar-refractivity contribution is 5.80. The molecular formula is C27H26NO+. The van der Waals surface area contributed by atoms with Gasteiger partial charge in [-0.2, -0.15) is 0 Å². The van der Waals surface area contributed by atoms with Crippen LogP contribution in [0.15, 0.2) is 78.9 Å². The van der Waals surface area contributed by atoms with Crippen molar-refractivity contribution in [2.24, 2.45) is 0 Å². The summed E-state index contributed by atoms with van der Waals surface area (Å²) < 4.78 is 0. The molecule has 1 fully saturated rings. The van der Waals surface area contributed by atoms with Gasteiger partial charge in [-0.05, 0) is 33.7 Å². The SMILES string of the molecule is OC1(CC#CC[NH+]2CC[C@H](c3ccccc3)C2)c2ccccc2-c2ccccc21. The first-order valence-corrected chi connectivity index (χ1v) is 10.5. The molecular weight excluding hydrogens is 354 g/mol. The lowest BCUT2D eigenvalue weighted by Crippen LogP contribution is -3.10. The molecule has 0 aromatic heterocycles. The van der Waals surface area contributed by atoms with Gasteiger partial charge in [0.1, 0.15) is 12.1 Å². The highest BCUT2D eigenvalue weighted by Gasteiger charge is 2.40. The smallest absolute Gasteiger partial charge is 0.139 e. The summed E-state index contributed by atoms with van der Waals surface area (Å²) in [4.78, 5) is 1.55. The lowest BCUT2D eigenvalue weighted by molar-refractivity contribution is -0.880. The fourth-order valence-electron chi connectivity index (χ4n) is 4.97. The Labute approximate surface area is 172 Å². The number of rotatable bonds is 3. The molecule has 144 valence electrons. The molecule has 2 aliphatic rings. The molecule has 3 aromatic rings. The highest BCUT2D eigenvalue weighted by Crippen LogP contribution is 2.48. The van der Waals surface area contributed by atoms with E-state index in [9.17, 15) is 5.11 Å². The van der Waals surface area contributed by atoms with Crippen molar-refractivity contribution in [2.75, 3.05) is 19.6 Å². The van der Waals surface area contributed by atoms with Crippen LogP contribution in [0.3, 0.4) is 0 Å². The van der Waals surface area contributed by atoms with Crippen LogP contribution in [0.4, 0.5) is 0 Å². The first-order chi connectivity index (χ1) is 14.3. The fraction of sp³-hybridized carbons (Fsp3) is 0.259. The van der Waals surface area contributed by atoms with Gasteiger partial charge in [-0.1, -0.05) is 84.8 Å². The Morgan fingerprint density at radius 3 is 2.14 bits per heavy atom. The molecule has 0 bridgehead atoms. The molecule has 5 rings (SSSR count). The molecule has 2 N–H and O–H groups in total. The second-order valence-electron chi connectivity index (χ2n) is 8.26. The zero-order valence-corrected chi connectivity index (χ0v) is 16.6. The Morgan fingerprint density at radius 1 is 0.828 bits per heavy atom. The molecule has 2 nitrogen and oxygen atoms in total. The maximum Gasteiger partial charge on any atom is 0.139 e. The number of benzene rings is 3. The molecule has 29 heavy (non-hydrogen) atoms. The van der Waals surface area contributed by atoms with Crippen molar-refractivity contribution in [3.05, 3.63) is 95.6 Å². The van der Waals surface area contributed by atoms with Gasteiger partial charge in [-0.25, -0.2) is 0 Å². The summed E-state index contributed by atoms with van der Waals surface area (Å²) in [5.74, 6) is 7.32. The van der Waals surface area contributed by atoms with Crippen LogP contribution in [0.2, 0.25) is 0 Å². The van der Waals surface area contributed by atoms with Gasteiger partial charge >= 0.3 is 0 Å². The number of likely N-dealkylation sites (tertiary alicyclic amines) is 1. The van der Waals surface area contributed by atoms with Crippen molar-refractivity contribution in [3.63, 3.8) is 0 Å². The summed E-state index contributed by atoms with van der Waals surface area (Å²) in [7, 11) is 0. The van der Waals surface area contributed by atoms with Crippen molar-refractivity contribution in [1.29, 1.82) is 0 Å². The van der Waals surface area contributed by atoms with Gasteiger partial charge in [0, 0.05) is 18.8 Å². The van der Waals surface area contributed by atoms with Crippen LogP contribution >= 0.6 is 0 Å². The van der Waals surface area contributed by atoms with Crippen molar-refractivity contribution < 1.29 is 10.0 Å².